The number of H-pyrrole nitrogens is 1. The molecule has 0 bridgehead atoms. The van der Waals surface area contributed by atoms with Gasteiger partial charge in [-0.1, -0.05) is 11.3 Å². The van der Waals surface area contributed by atoms with Gasteiger partial charge in [0, 0.05) is 29.6 Å². The number of hydrogen-bond donors (Lipinski definition) is 2. The number of rotatable bonds is 5. The van der Waals surface area contributed by atoms with Crippen LogP contribution < -0.4 is 10.3 Å². The van der Waals surface area contributed by atoms with Gasteiger partial charge < -0.3 is 10.4 Å². The topological polar surface area (TPSA) is 115 Å². The Bertz CT molecular complexity index is 1110. The lowest BCUT2D eigenvalue weighted by molar-refractivity contribution is -0.404. The summed E-state index contributed by atoms with van der Waals surface area (Å²) in [5, 5.41) is 25.1. The van der Waals surface area contributed by atoms with Crippen LogP contribution in [0.1, 0.15) is 30.0 Å². The number of halogens is 3. The molecule has 0 atom stereocenters. The van der Waals surface area contributed by atoms with Crippen LogP contribution in [0.25, 0.3) is 10.4 Å². The summed E-state index contributed by atoms with van der Waals surface area (Å²) in [5.41, 5.74) is -1.66. The Hall–Kier alpha value is -3.12. The highest BCUT2D eigenvalue weighted by Crippen LogP contribution is 2.43. The molecule has 0 aliphatic heterocycles. The third-order valence-electron chi connectivity index (χ3n) is 4.77. The molecule has 1 aliphatic carbocycles. The van der Waals surface area contributed by atoms with Crippen LogP contribution in [-0.2, 0) is 11.8 Å². The molecule has 0 unspecified atom stereocenters. The summed E-state index contributed by atoms with van der Waals surface area (Å²) in [6.45, 7) is 0. The molecular weight excluding hydrogens is 423 g/mol. The highest BCUT2D eigenvalue weighted by atomic mass is 32.1. The average Bonchev–Trinajstić information content (AvgIpc) is 3.16. The molecule has 12 heteroatoms. The fourth-order valence-corrected chi connectivity index (χ4v) is 4.13. The van der Waals surface area contributed by atoms with Crippen molar-refractivity contribution in [2.45, 2.75) is 31.0 Å². The molecule has 3 aromatic rings. The van der Waals surface area contributed by atoms with Crippen molar-refractivity contribution in [2.75, 3.05) is 5.32 Å². The van der Waals surface area contributed by atoms with Crippen molar-refractivity contribution in [3.63, 3.8) is 0 Å². The van der Waals surface area contributed by atoms with Gasteiger partial charge in [0.1, 0.15) is 10.6 Å². The quantitative estimate of drug-likeness (QED) is 0.459. The number of aromatic amines is 1. The van der Waals surface area contributed by atoms with Crippen LogP contribution in [0.3, 0.4) is 0 Å². The number of nitrogens with zero attached hydrogens (tertiary/aromatic N) is 3. The normalized spacial score (nSPS) is 15.5. The van der Waals surface area contributed by atoms with E-state index in [0.717, 1.165) is 18.7 Å². The molecule has 1 aliphatic rings. The third-order valence-corrected chi connectivity index (χ3v) is 6.04. The molecule has 2 heterocycles. The average molecular weight is 438 g/mol. The standard InChI is InChI=1S/C18H14F3N5O3S/c19-18(20,21)14-2-5-22-16(25-14)24-11-6-10(7-12(8-11)26(28)29)13-9-23-15(30-13)17(27)3-1-4-17/h2,5-9,27H,1,3-4H2,(H,22,24,25)/p+1. The number of aliphatic hydroxyl groups is 1. The molecule has 1 saturated carbocycles. The first-order valence-corrected chi connectivity index (χ1v) is 9.67. The Morgan fingerprint density at radius 2 is 2.07 bits per heavy atom. The van der Waals surface area contributed by atoms with Crippen molar-refractivity contribution in [1.29, 1.82) is 0 Å². The molecule has 0 spiro atoms. The van der Waals surface area contributed by atoms with E-state index in [0.29, 0.717) is 28.3 Å². The summed E-state index contributed by atoms with van der Waals surface area (Å²) in [6.07, 6.45) is 0.143. The van der Waals surface area contributed by atoms with Crippen LogP contribution in [-0.4, -0.2) is 20.0 Å². The predicted molar refractivity (Wildman–Crippen MR) is 101 cm³/mol. The maximum atomic E-state index is 12.9. The van der Waals surface area contributed by atoms with E-state index < -0.39 is 22.4 Å². The third kappa shape index (κ3) is 3.96. The Labute approximate surface area is 171 Å². The Kier molecular flexibility index (Phi) is 4.90. The first-order chi connectivity index (χ1) is 14.1. The number of aromatic nitrogens is 3. The number of nitrogens with one attached hydrogen (secondary N) is 2. The van der Waals surface area contributed by atoms with Crippen LogP contribution in [0.15, 0.2) is 36.7 Å². The lowest BCUT2D eigenvalue weighted by atomic mass is 9.81. The minimum Gasteiger partial charge on any atom is -0.378 e. The van der Waals surface area contributed by atoms with Crippen molar-refractivity contribution < 1.29 is 28.2 Å². The molecule has 3 N–H and O–H groups in total. The summed E-state index contributed by atoms with van der Waals surface area (Å²) < 4.78 is 38.6. The highest BCUT2D eigenvalue weighted by molar-refractivity contribution is 7.14. The number of alkyl halides is 3. The van der Waals surface area contributed by atoms with Gasteiger partial charge in [0.05, 0.1) is 4.92 Å². The van der Waals surface area contributed by atoms with Gasteiger partial charge in [0.25, 0.3) is 10.7 Å². The SMILES string of the molecule is O=[N+]([O-])c1cc(Nc2nccc(C(F)(F)F)n2)cc(-c2c[nH+]c(C3(O)CCC3)s2)c1. The number of anilines is 2. The number of nitro benzene ring substituents is 1. The molecule has 0 saturated heterocycles. The van der Waals surface area contributed by atoms with Gasteiger partial charge >= 0.3 is 6.18 Å². The van der Waals surface area contributed by atoms with E-state index in [-0.39, 0.29) is 17.3 Å². The van der Waals surface area contributed by atoms with Crippen molar-refractivity contribution in [2.24, 2.45) is 0 Å². The minimum atomic E-state index is -4.64. The Morgan fingerprint density at radius 1 is 1.30 bits per heavy atom. The lowest BCUT2D eigenvalue weighted by Gasteiger charge is -2.31. The van der Waals surface area contributed by atoms with Gasteiger partial charge in [0.2, 0.25) is 5.95 Å². The lowest BCUT2D eigenvalue weighted by Crippen LogP contribution is -2.37. The molecule has 1 fully saturated rings. The van der Waals surface area contributed by atoms with E-state index in [4.69, 9.17) is 0 Å². The van der Waals surface area contributed by atoms with Crippen LogP contribution in [0, 0.1) is 10.1 Å². The maximum absolute atomic E-state index is 12.9. The predicted octanol–water partition coefficient (Wildman–Crippen LogP) is 4.06. The number of non-ortho nitro benzene ring substituents is 1. The van der Waals surface area contributed by atoms with E-state index in [1.54, 1.807) is 12.3 Å². The molecule has 30 heavy (non-hydrogen) atoms. The van der Waals surface area contributed by atoms with Crippen LogP contribution >= 0.6 is 11.3 Å². The fraction of sp³-hybridized carbons (Fsp3) is 0.278. The molecule has 2 aromatic heterocycles. The van der Waals surface area contributed by atoms with Gasteiger partial charge in [-0.25, -0.2) is 15.0 Å². The second-order valence-electron chi connectivity index (χ2n) is 6.88. The first-order valence-electron chi connectivity index (χ1n) is 8.86. The molecular formula is C18H15F3N5O3S+. The van der Waals surface area contributed by atoms with Crippen molar-refractivity contribution in [1.82, 2.24) is 9.97 Å². The zero-order chi connectivity index (χ0) is 21.5. The largest absolute Gasteiger partial charge is 0.433 e. The van der Waals surface area contributed by atoms with Gasteiger partial charge in [-0.15, -0.1) is 0 Å². The van der Waals surface area contributed by atoms with Gasteiger partial charge in [0.15, 0.2) is 11.8 Å². The second-order valence-corrected chi connectivity index (χ2v) is 7.94. The number of benzene rings is 1. The Morgan fingerprint density at radius 3 is 2.70 bits per heavy atom. The minimum absolute atomic E-state index is 0.163. The maximum Gasteiger partial charge on any atom is 0.433 e. The molecule has 0 radical (unpaired) electrons. The molecule has 1 aromatic carbocycles. The second kappa shape index (κ2) is 7.29. The van der Waals surface area contributed by atoms with Crippen molar-refractivity contribution >= 4 is 28.7 Å². The number of hydrogen-bond acceptors (Lipinski definition) is 7. The van der Waals surface area contributed by atoms with E-state index in [2.05, 4.69) is 20.3 Å². The van der Waals surface area contributed by atoms with E-state index in [9.17, 15) is 28.4 Å². The van der Waals surface area contributed by atoms with Crippen LogP contribution in [0.4, 0.5) is 30.5 Å². The van der Waals surface area contributed by atoms with E-state index in [1.807, 2.05) is 0 Å². The summed E-state index contributed by atoms with van der Waals surface area (Å²) >= 11 is 1.27. The Balaban J connectivity index is 1.68. The molecule has 0 amide bonds. The fourth-order valence-electron chi connectivity index (χ4n) is 3.05. The molecule has 156 valence electrons. The van der Waals surface area contributed by atoms with Crippen LogP contribution in [0.2, 0.25) is 0 Å². The molecule has 4 rings (SSSR count). The number of thiazole rings is 1. The highest BCUT2D eigenvalue weighted by Gasteiger charge is 2.43. The zero-order valence-corrected chi connectivity index (χ0v) is 16.0. The van der Waals surface area contributed by atoms with Crippen LogP contribution in [0.5, 0.6) is 0 Å². The molecule has 8 nitrogen and oxygen atoms in total. The summed E-state index contributed by atoms with van der Waals surface area (Å²) in [6, 6.07) is 4.82. The zero-order valence-electron chi connectivity index (χ0n) is 15.2. The summed E-state index contributed by atoms with van der Waals surface area (Å²) in [5.74, 6) is -0.335. The van der Waals surface area contributed by atoms with E-state index >= 15 is 0 Å². The van der Waals surface area contributed by atoms with Crippen molar-refractivity contribution in [3.05, 3.63) is 57.5 Å². The van der Waals surface area contributed by atoms with Crippen molar-refractivity contribution in [3.8, 4) is 10.4 Å². The summed E-state index contributed by atoms with van der Waals surface area (Å²) in [7, 11) is 0. The van der Waals surface area contributed by atoms with Gasteiger partial charge in [-0.3, -0.25) is 10.1 Å². The summed E-state index contributed by atoms with van der Waals surface area (Å²) in [4.78, 5) is 21.6. The first kappa shape index (κ1) is 20.2. The monoisotopic (exact) mass is 438 g/mol. The van der Waals surface area contributed by atoms with Gasteiger partial charge in [-0.05, 0) is 31.4 Å². The van der Waals surface area contributed by atoms with Gasteiger partial charge in [-0.2, -0.15) is 13.2 Å². The number of nitro groups is 1. The van der Waals surface area contributed by atoms with E-state index in [1.165, 1.54) is 23.5 Å². The smallest absolute Gasteiger partial charge is 0.378 e.